The molecule has 0 aromatic heterocycles. The molecule has 1 fully saturated rings. The standard InChI is InChI=1S/C11H11BrF3NO3S/c12-8-3-7(11(13,14)15)4-10(5-8)20(18,19)16-2-1-9(17)6-16/h3-5,9,17H,1-2,6H2/t9-/m1/s1. The molecule has 112 valence electrons. The molecule has 0 spiro atoms. The molecule has 1 atom stereocenters. The van der Waals surface area contributed by atoms with Crippen molar-refractivity contribution < 1.29 is 26.7 Å². The fraction of sp³-hybridized carbons (Fsp3) is 0.455. The van der Waals surface area contributed by atoms with Gasteiger partial charge in [-0.3, -0.25) is 0 Å². The van der Waals surface area contributed by atoms with Crippen molar-refractivity contribution >= 4 is 26.0 Å². The summed E-state index contributed by atoms with van der Waals surface area (Å²) in [4.78, 5) is -0.437. The Labute approximate surface area is 122 Å². The molecule has 0 bridgehead atoms. The van der Waals surface area contributed by atoms with Crippen molar-refractivity contribution in [2.45, 2.75) is 23.6 Å². The van der Waals surface area contributed by atoms with Gasteiger partial charge in [-0.15, -0.1) is 0 Å². The van der Waals surface area contributed by atoms with Gasteiger partial charge in [-0.1, -0.05) is 15.9 Å². The van der Waals surface area contributed by atoms with E-state index in [1.807, 2.05) is 0 Å². The minimum Gasteiger partial charge on any atom is -0.392 e. The number of halogens is 4. The number of rotatable bonds is 2. The first-order chi connectivity index (χ1) is 9.10. The molecule has 1 aliphatic rings. The second-order valence-electron chi connectivity index (χ2n) is 4.48. The van der Waals surface area contributed by atoms with E-state index in [1.165, 1.54) is 0 Å². The summed E-state index contributed by atoms with van der Waals surface area (Å²) in [6.45, 7) is -0.00639. The highest BCUT2D eigenvalue weighted by atomic mass is 79.9. The highest BCUT2D eigenvalue weighted by molar-refractivity contribution is 9.10. The molecule has 1 heterocycles. The molecule has 4 nitrogen and oxygen atoms in total. The predicted octanol–water partition coefficient (Wildman–Crippen LogP) is 2.22. The third-order valence-corrected chi connectivity index (χ3v) is 5.26. The van der Waals surface area contributed by atoms with E-state index in [4.69, 9.17) is 0 Å². The Bertz CT molecular complexity index is 618. The number of aliphatic hydroxyl groups is 1. The van der Waals surface area contributed by atoms with Crippen LogP contribution in [0.1, 0.15) is 12.0 Å². The summed E-state index contributed by atoms with van der Waals surface area (Å²) >= 11 is 2.89. The summed E-state index contributed by atoms with van der Waals surface area (Å²) in [6, 6.07) is 2.54. The second kappa shape index (κ2) is 5.28. The van der Waals surface area contributed by atoms with Crippen LogP contribution in [0.5, 0.6) is 0 Å². The molecular formula is C11H11BrF3NO3S. The van der Waals surface area contributed by atoms with E-state index in [1.54, 1.807) is 0 Å². The van der Waals surface area contributed by atoms with E-state index in [0.717, 1.165) is 16.4 Å². The molecule has 1 N–H and O–H groups in total. The smallest absolute Gasteiger partial charge is 0.392 e. The van der Waals surface area contributed by atoms with Gasteiger partial charge in [0.25, 0.3) is 0 Å². The lowest BCUT2D eigenvalue weighted by Crippen LogP contribution is -2.30. The highest BCUT2D eigenvalue weighted by Gasteiger charge is 2.35. The number of alkyl halides is 3. The van der Waals surface area contributed by atoms with Gasteiger partial charge in [0.15, 0.2) is 0 Å². The molecule has 0 radical (unpaired) electrons. The Morgan fingerprint density at radius 1 is 1.30 bits per heavy atom. The first-order valence-electron chi connectivity index (χ1n) is 5.67. The number of hydrogen-bond donors (Lipinski definition) is 1. The summed E-state index contributed by atoms with van der Waals surface area (Å²) < 4.78 is 63.6. The van der Waals surface area contributed by atoms with Gasteiger partial charge < -0.3 is 5.11 Å². The van der Waals surface area contributed by atoms with Gasteiger partial charge in [0.2, 0.25) is 10.0 Å². The highest BCUT2D eigenvalue weighted by Crippen LogP contribution is 2.34. The lowest BCUT2D eigenvalue weighted by Gasteiger charge is -2.17. The van der Waals surface area contributed by atoms with Gasteiger partial charge in [0.05, 0.1) is 16.6 Å². The summed E-state index contributed by atoms with van der Waals surface area (Å²) in [6.07, 6.45) is -5.13. The van der Waals surface area contributed by atoms with Crippen LogP contribution in [0.15, 0.2) is 27.6 Å². The fourth-order valence-corrected chi connectivity index (χ4v) is 4.16. The fourth-order valence-electron chi connectivity index (χ4n) is 1.95. The molecule has 2 rings (SSSR count). The van der Waals surface area contributed by atoms with E-state index < -0.39 is 32.8 Å². The van der Waals surface area contributed by atoms with Crippen LogP contribution >= 0.6 is 15.9 Å². The first-order valence-corrected chi connectivity index (χ1v) is 7.90. The third kappa shape index (κ3) is 3.16. The Kier molecular flexibility index (Phi) is 4.16. The zero-order chi connectivity index (χ0) is 15.1. The molecule has 0 unspecified atom stereocenters. The van der Waals surface area contributed by atoms with E-state index in [9.17, 15) is 26.7 Å². The van der Waals surface area contributed by atoms with Crippen LogP contribution in [0.3, 0.4) is 0 Å². The van der Waals surface area contributed by atoms with Crippen molar-refractivity contribution in [1.29, 1.82) is 0 Å². The van der Waals surface area contributed by atoms with E-state index >= 15 is 0 Å². The van der Waals surface area contributed by atoms with Crippen molar-refractivity contribution in [1.82, 2.24) is 4.31 Å². The molecule has 0 aliphatic carbocycles. The van der Waals surface area contributed by atoms with Crippen molar-refractivity contribution in [3.8, 4) is 0 Å². The number of sulfonamides is 1. The molecular weight excluding hydrogens is 363 g/mol. The lowest BCUT2D eigenvalue weighted by molar-refractivity contribution is -0.137. The van der Waals surface area contributed by atoms with Gasteiger partial charge in [-0.2, -0.15) is 17.5 Å². The average molecular weight is 374 g/mol. The summed E-state index contributed by atoms with van der Waals surface area (Å²) in [5, 5.41) is 9.35. The Morgan fingerprint density at radius 2 is 1.95 bits per heavy atom. The number of aliphatic hydroxyl groups excluding tert-OH is 1. The van der Waals surface area contributed by atoms with Crippen LogP contribution in [0, 0.1) is 0 Å². The van der Waals surface area contributed by atoms with Crippen LogP contribution < -0.4 is 0 Å². The van der Waals surface area contributed by atoms with Crippen LogP contribution in [-0.4, -0.2) is 37.0 Å². The number of β-amino-alcohol motifs (C(OH)–C–C–N with tert-alkyl or cyclic N) is 1. The van der Waals surface area contributed by atoms with E-state index in [0.29, 0.717) is 6.07 Å². The summed E-state index contributed by atoms with van der Waals surface area (Å²) in [5.74, 6) is 0. The van der Waals surface area contributed by atoms with Crippen LogP contribution in [0.2, 0.25) is 0 Å². The van der Waals surface area contributed by atoms with Crippen LogP contribution in [0.25, 0.3) is 0 Å². The molecule has 1 saturated heterocycles. The average Bonchev–Trinajstić information content (AvgIpc) is 2.74. The molecule has 1 aromatic rings. The third-order valence-electron chi connectivity index (χ3n) is 2.96. The maximum atomic E-state index is 12.7. The van der Waals surface area contributed by atoms with Gasteiger partial charge in [-0.25, -0.2) is 8.42 Å². The van der Waals surface area contributed by atoms with Crippen molar-refractivity contribution in [3.05, 3.63) is 28.2 Å². The summed E-state index contributed by atoms with van der Waals surface area (Å²) in [7, 11) is -4.03. The SMILES string of the molecule is O=S(=O)(c1cc(Br)cc(C(F)(F)F)c1)N1CC[C@@H](O)C1. The monoisotopic (exact) mass is 373 g/mol. The molecule has 1 aromatic carbocycles. The normalized spacial score (nSPS) is 21.4. The van der Waals surface area contributed by atoms with Gasteiger partial charge in [-0.05, 0) is 24.6 Å². The molecule has 1 aliphatic heterocycles. The second-order valence-corrected chi connectivity index (χ2v) is 7.33. The van der Waals surface area contributed by atoms with Crippen LogP contribution in [0.4, 0.5) is 13.2 Å². The molecule has 9 heteroatoms. The van der Waals surface area contributed by atoms with Crippen molar-refractivity contribution in [2.24, 2.45) is 0 Å². The first kappa shape index (κ1) is 15.7. The van der Waals surface area contributed by atoms with Gasteiger partial charge >= 0.3 is 6.18 Å². The zero-order valence-corrected chi connectivity index (χ0v) is 12.5. The number of benzene rings is 1. The lowest BCUT2D eigenvalue weighted by atomic mass is 10.2. The van der Waals surface area contributed by atoms with Crippen LogP contribution in [-0.2, 0) is 16.2 Å². The van der Waals surface area contributed by atoms with E-state index in [2.05, 4.69) is 15.9 Å². The topological polar surface area (TPSA) is 57.6 Å². The quantitative estimate of drug-likeness (QED) is 0.864. The Balaban J connectivity index is 2.44. The predicted molar refractivity (Wildman–Crippen MR) is 68.5 cm³/mol. The summed E-state index contributed by atoms with van der Waals surface area (Å²) in [5.41, 5.74) is -1.04. The zero-order valence-electron chi connectivity index (χ0n) is 10.1. The Hall–Kier alpha value is -0.640. The number of nitrogens with zero attached hydrogens (tertiary/aromatic N) is 1. The largest absolute Gasteiger partial charge is 0.416 e. The minimum absolute atomic E-state index is 0.0330. The minimum atomic E-state index is -4.63. The van der Waals surface area contributed by atoms with Gasteiger partial charge in [0.1, 0.15) is 0 Å². The van der Waals surface area contributed by atoms with E-state index in [-0.39, 0.29) is 24.0 Å². The maximum Gasteiger partial charge on any atom is 0.416 e. The van der Waals surface area contributed by atoms with Crippen molar-refractivity contribution in [3.63, 3.8) is 0 Å². The molecule has 0 saturated carbocycles. The maximum absolute atomic E-state index is 12.7. The molecule has 20 heavy (non-hydrogen) atoms. The van der Waals surface area contributed by atoms with Gasteiger partial charge in [0, 0.05) is 17.6 Å². The van der Waals surface area contributed by atoms with Crippen molar-refractivity contribution in [2.75, 3.05) is 13.1 Å². The number of hydrogen-bond acceptors (Lipinski definition) is 3. The Morgan fingerprint density at radius 3 is 2.45 bits per heavy atom. The molecule has 0 amide bonds.